The fraction of sp³-hybridized carbons (Fsp3) is 0.333. The summed E-state index contributed by atoms with van der Waals surface area (Å²) < 4.78 is 0. The maximum atomic E-state index is 11.3. The number of hydrogen-bond donors (Lipinski definition) is 2. The van der Waals surface area contributed by atoms with Crippen LogP contribution in [0.4, 0.5) is 4.79 Å². The van der Waals surface area contributed by atoms with E-state index in [1.807, 2.05) is 12.1 Å². The Balaban J connectivity index is 2.70. The van der Waals surface area contributed by atoms with Crippen molar-refractivity contribution in [1.29, 1.82) is 0 Å². The van der Waals surface area contributed by atoms with Gasteiger partial charge in [-0.2, -0.15) is 0 Å². The number of carboxylic acids is 1. The molecule has 5 nitrogen and oxygen atoms in total. The number of nitrogens with zero attached hydrogens (tertiary/aromatic N) is 1. The normalized spacial score (nSPS) is 9.76. The van der Waals surface area contributed by atoms with Gasteiger partial charge in [0.15, 0.2) is 0 Å². The first-order valence-electron chi connectivity index (χ1n) is 5.24. The molecule has 1 aromatic rings. The van der Waals surface area contributed by atoms with Crippen molar-refractivity contribution >= 4 is 12.0 Å². The van der Waals surface area contributed by atoms with Crippen LogP contribution >= 0.6 is 0 Å². The number of amides is 2. The van der Waals surface area contributed by atoms with Crippen LogP contribution in [0, 0.1) is 0 Å². The number of aliphatic carboxylic acids is 1. The Hall–Kier alpha value is -2.04. The Morgan fingerprint density at radius 1 is 1.24 bits per heavy atom. The van der Waals surface area contributed by atoms with Gasteiger partial charge < -0.3 is 15.3 Å². The van der Waals surface area contributed by atoms with Gasteiger partial charge >= 0.3 is 12.0 Å². The van der Waals surface area contributed by atoms with Gasteiger partial charge in [-0.05, 0) is 11.1 Å². The fourth-order valence-electron chi connectivity index (χ4n) is 1.39. The topological polar surface area (TPSA) is 69.6 Å². The molecule has 0 aromatic heterocycles. The molecule has 5 heteroatoms. The molecule has 0 radical (unpaired) electrons. The van der Waals surface area contributed by atoms with Crippen LogP contribution in [0.1, 0.15) is 11.1 Å². The number of carboxylic acid groups (broad SMARTS) is 1. The maximum Gasteiger partial charge on any atom is 0.317 e. The zero-order valence-corrected chi connectivity index (χ0v) is 9.93. The highest BCUT2D eigenvalue weighted by atomic mass is 16.4. The molecule has 1 aromatic carbocycles. The van der Waals surface area contributed by atoms with Gasteiger partial charge in [0, 0.05) is 20.6 Å². The molecule has 0 saturated heterocycles. The van der Waals surface area contributed by atoms with Gasteiger partial charge in [0.25, 0.3) is 0 Å². The molecule has 0 bridgehead atoms. The highest BCUT2D eigenvalue weighted by Gasteiger charge is 2.08. The molecule has 0 aliphatic rings. The van der Waals surface area contributed by atoms with Crippen molar-refractivity contribution in [1.82, 2.24) is 10.2 Å². The van der Waals surface area contributed by atoms with E-state index in [2.05, 4.69) is 5.32 Å². The second-order valence-corrected chi connectivity index (χ2v) is 3.89. The van der Waals surface area contributed by atoms with Crippen LogP contribution in [-0.4, -0.2) is 36.1 Å². The lowest BCUT2D eigenvalue weighted by Gasteiger charge is -2.13. The van der Waals surface area contributed by atoms with Crippen LogP contribution in [-0.2, 0) is 17.8 Å². The summed E-state index contributed by atoms with van der Waals surface area (Å²) in [5, 5.41) is 11.5. The van der Waals surface area contributed by atoms with Crippen molar-refractivity contribution in [2.45, 2.75) is 13.0 Å². The molecule has 0 spiro atoms. The van der Waals surface area contributed by atoms with Gasteiger partial charge in [0.1, 0.15) is 0 Å². The summed E-state index contributed by atoms with van der Waals surface area (Å²) in [7, 11) is 3.30. The molecule has 92 valence electrons. The lowest BCUT2D eigenvalue weighted by molar-refractivity contribution is -0.136. The standard InChI is InChI=1S/C12H16N2O3/c1-14(2)12(17)13-8-10-6-4-3-5-9(10)7-11(15)16/h3-6H,7-8H2,1-2H3,(H,13,17)(H,15,16). The summed E-state index contributed by atoms with van der Waals surface area (Å²) in [6.07, 6.45) is -0.0337. The molecule has 0 heterocycles. The molecule has 1 rings (SSSR count). The second-order valence-electron chi connectivity index (χ2n) is 3.89. The van der Waals surface area contributed by atoms with Crippen LogP contribution < -0.4 is 5.32 Å². The Bertz CT molecular complexity index is 416. The molecule has 2 N–H and O–H groups in total. The largest absolute Gasteiger partial charge is 0.481 e. The van der Waals surface area contributed by atoms with Gasteiger partial charge in [-0.25, -0.2) is 4.79 Å². The zero-order valence-electron chi connectivity index (χ0n) is 9.93. The van der Waals surface area contributed by atoms with Crippen molar-refractivity contribution in [3.8, 4) is 0 Å². The number of urea groups is 1. The Kier molecular flexibility index (Phi) is 4.51. The molecule has 0 unspecified atom stereocenters. The first-order valence-corrected chi connectivity index (χ1v) is 5.24. The zero-order chi connectivity index (χ0) is 12.8. The lowest BCUT2D eigenvalue weighted by atomic mass is 10.0. The Morgan fingerprint density at radius 3 is 2.35 bits per heavy atom. The summed E-state index contributed by atoms with van der Waals surface area (Å²) in [6.45, 7) is 0.334. The van der Waals surface area contributed by atoms with Gasteiger partial charge in [0.05, 0.1) is 6.42 Å². The smallest absolute Gasteiger partial charge is 0.317 e. The number of hydrogen-bond acceptors (Lipinski definition) is 2. The van der Waals surface area contributed by atoms with E-state index in [0.29, 0.717) is 6.54 Å². The Morgan fingerprint density at radius 2 is 1.82 bits per heavy atom. The van der Waals surface area contributed by atoms with Gasteiger partial charge in [-0.1, -0.05) is 24.3 Å². The van der Waals surface area contributed by atoms with E-state index in [1.54, 1.807) is 26.2 Å². The molecule has 0 fully saturated rings. The molecule has 0 aliphatic heterocycles. The first kappa shape index (κ1) is 13.0. The summed E-state index contributed by atoms with van der Waals surface area (Å²) in [6, 6.07) is 6.98. The molecule has 0 atom stereocenters. The minimum atomic E-state index is -0.878. The number of nitrogens with one attached hydrogen (secondary N) is 1. The third-order valence-corrected chi connectivity index (χ3v) is 2.30. The number of rotatable bonds is 4. The summed E-state index contributed by atoms with van der Waals surface area (Å²) in [5.41, 5.74) is 1.55. The predicted molar refractivity (Wildman–Crippen MR) is 63.7 cm³/mol. The Labute approximate surface area is 100 Å². The van der Waals surface area contributed by atoms with Gasteiger partial charge in [0.2, 0.25) is 0 Å². The van der Waals surface area contributed by atoms with Gasteiger partial charge in [-0.3, -0.25) is 4.79 Å². The van der Waals surface area contributed by atoms with Crippen LogP contribution in [0.2, 0.25) is 0 Å². The first-order chi connectivity index (χ1) is 8.00. The maximum absolute atomic E-state index is 11.3. The molecule has 2 amide bonds. The third-order valence-electron chi connectivity index (χ3n) is 2.30. The average molecular weight is 236 g/mol. The summed E-state index contributed by atoms with van der Waals surface area (Å²) >= 11 is 0. The van der Waals surface area contributed by atoms with Crippen molar-refractivity contribution in [2.75, 3.05) is 14.1 Å². The van der Waals surface area contributed by atoms with Crippen molar-refractivity contribution in [3.05, 3.63) is 35.4 Å². The van der Waals surface area contributed by atoms with E-state index in [-0.39, 0.29) is 12.5 Å². The lowest BCUT2D eigenvalue weighted by Crippen LogP contribution is -2.34. The minimum Gasteiger partial charge on any atom is -0.481 e. The third kappa shape index (κ3) is 4.14. The van der Waals surface area contributed by atoms with Crippen LogP contribution in [0.15, 0.2) is 24.3 Å². The van der Waals surface area contributed by atoms with Crippen molar-refractivity contribution < 1.29 is 14.7 Å². The van der Waals surface area contributed by atoms with E-state index in [0.717, 1.165) is 11.1 Å². The molecule has 0 saturated carbocycles. The van der Waals surface area contributed by atoms with E-state index < -0.39 is 5.97 Å². The minimum absolute atomic E-state index is 0.0337. The van der Waals surface area contributed by atoms with Gasteiger partial charge in [-0.15, -0.1) is 0 Å². The van der Waals surface area contributed by atoms with Crippen LogP contribution in [0.3, 0.4) is 0 Å². The fourth-order valence-corrected chi connectivity index (χ4v) is 1.39. The van der Waals surface area contributed by atoms with E-state index >= 15 is 0 Å². The predicted octanol–water partition coefficient (Wildman–Crippen LogP) is 1.08. The number of carbonyl (C=O) groups excluding carboxylic acids is 1. The second kappa shape index (κ2) is 5.89. The molecule has 0 aliphatic carbocycles. The average Bonchev–Trinajstić information content (AvgIpc) is 2.26. The SMILES string of the molecule is CN(C)C(=O)NCc1ccccc1CC(=O)O. The van der Waals surface area contributed by atoms with Crippen LogP contribution in [0.25, 0.3) is 0 Å². The van der Waals surface area contributed by atoms with E-state index in [1.165, 1.54) is 4.90 Å². The van der Waals surface area contributed by atoms with E-state index in [9.17, 15) is 9.59 Å². The van der Waals surface area contributed by atoms with E-state index in [4.69, 9.17) is 5.11 Å². The summed E-state index contributed by atoms with van der Waals surface area (Å²) in [5.74, 6) is -0.878. The monoisotopic (exact) mass is 236 g/mol. The summed E-state index contributed by atoms with van der Waals surface area (Å²) in [4.78, 5) is 23.5. The molecular formula is C12H16N2O3. The molecular weight excluding hydrogens is 220 g/mol. The number of carbonyl (C=O) groups is 2. The highest BCUT2D eigenvalue weighted by Crippen LogP contribution is 2.09. The number of benzene rings is 1. The van der Waals surface area contributed by atoms with Crippen LogP contribution in [0.5, 0.6) is 0 Å². The highest BCUT2D eigenvalue weighted by molar-refractivity contribution is 5.74. The van der Waals surface area contributed by atoms with Crippen molar-refractivity contribution in [2.24, 2.45) is 0 Å². The quantitative estimate of drug-likeness (QED) is 0.822. The van der Waals surface area contributed by atoms with Crippen molar-refractivity contribution in [3.63, 3.8) is 0 Å². The molecule has 17 heavy (non-hydrogen) atoms.